The van der Waals surface area contributed by atoms with Gasteiger partial charge in [0.15, 0.2) is 6.61 Å². The van der Waals surface area contributed by atoms with Gasteiger partial charge in [0.2, 0.25) is 11.8 Å². The number of imide groups is 1. The van der Waals surface area contributed by atoms with E-state index in [4.69, 9.17) is 9.47 Å². The standard InChI is InChI=1S/C20H24N2O6/c1-27-14-8-6-13(7-9-14)21-17(23)12-28-18(24)10-11-22-19(25)15-4-2-3-5-16(15)20(22)26/h6-9,15-16H,2-5,10-12H2,1H3,(H,21,23)/t15-,16-/m0/s1. The van der Waals surface area contributed by atoms with Gasteiger partial charge in [-0.05, 0) is 37.1 Å². The number of carbonyl (C=O) groups is 4. The number of rotatable bonds is 7. The molecule has 2 fully saturated rings. The van der Waals surface area contributed by atoms with Crippen LogP contribution in [0.5, 0.6) is 5.75 Å². The number of hydrogen-bond acceptors (Lipinski definition) is 6. The van der Waals surface area contributed by atoms with E-state index >= 15 is 0 Å². The van der Waals surface area contributed by atoms with E-state index in [1.54, 1.807) is 31.4 Å². The zero-order valence-corrected chi connectivity index (χ0v) is 15.8. The predicted octanol–water partition coefficient (Wildman–Crippen LogP) is 1.74. The number of benzene rings is 1. The summed E-state index contributed by atoms with van der Waals surface area (Å²) in [6, 6.07) is 6.73. The number of methoxy groups -OCH3 is 1. The van der Waals surface area contributed by atoms with E-state index < -0.39 is 18.5 Å². The fraction of sp³-hybridized carbons (Fsp3) is 0.500. The Morgan fingerprint density at radius 3 is 2.25 bits per heavy atom. The van der Waals surface area contributed by atoms with E-state index in [-0.39, 0.29) is 36.6 Å². The lowest BCUT2D eigenvalue weighted by atomic mass is 9.81. The van der Waals surface area contributed by atoms with Crippen molar-refractivity contribution in [2.45, 2.75) is 32.1 Å². The summed E-state index contributed by atoms with van der Waals surface area (Å²) in [6.07, 6.45) is 3.27. The minimum atomic E-state index is -0.625. The van der Waals surface area contributed by atoms with Crippen LogP contribution in [0, 0.1) is 11.8 Å². The molecule has 28 heavy (non-hydrogen) atoms. The number of hydrogen-bond donors (Lipinski definition) is 1. The van der Waals surface area contributed by atoms with Crippen LogP contribution >= 0.6 is 0 Å². The highest BCUT2D eigenvalue weighted by atomic mass is 16.5. The van der Waals surface area contributed by atoms with Gasteiger partial charge in [-0.25, -0.2) is 0 Å². The first-order valence-corrected chi connectivity index (χ1v) is 9.44. The summed E-state index contributed by atoms with van der Waals surface area (Å²) in [6.45, 7) is -0.429. The number of amides is 3. The van der Waals surface area contributed by atoms with Crippen molar-refractivity contribution in [3.05, 3.63) is 24.3 Å². The van der Waals surface area contributed by atoms with Crippen molar-refractivity contribution < 1.29 is 28.7 Å². The average Bonchev–Trinajstić information content (AvgIpc) is 2.96. The van der Waals surface area contributed by atoms with Gasteiger partial charge in [-0.15, -0.1) is 0 Å². The van der Waals surface area contributed by atoms with Crippen LogP contribution in [0.3, 0.4) is 0 Å². The van der Waals surface area contributed by atoms with Crippen LogP contribution in [0.2, 0.25) is 0 Å². The highest BCUT2D eigenvalue weighted by molar-refractivity contribution is 6.05. The van der Waals surface area contributed by atoms with E-state index in [9.17, 15) is 19.2 Å². The van der Waals surface area contributed by atoms with Crippen LogP contribution in [0.15, 0.2) is 24.3 Å². The fourth-order valence-corrected chi connectivity index (χ4v) is 3.74. The molecular formula is C20H24N2O6. The van der Waals surface area contributed by atoms with E-state index in [2.05, 4.69) is 5.32 Å². The second-order valence-corrected chi connectivity index (χ2v) is 7.01. The van der Waals surface area contributed by atoms with Crippen molar-refractivity contribution in [3.8, 4) is 5.75 Å². The van der Waals surface area contributed by atoms with Gasteiger partial charge < -0.3 is 14.8 Å². The summed E-state index contributed by atoms with van der Waals surface area (Å²) in [5.74, 6) is -1.26. The van der Waals surface area contributed by atoms with Crippen molar-refractivity contribution in [1.29, 1.82) is 0 Å². The summed E-state index contributed by atoms with van der Waals surface area (Å²) in [5, 5.41) is 2.60. The van der Waals surface area contributed by atoms with Gasteiger partial charge in [-0.2, -0.15) is 0 Å². The third kappa shape index (κ3) is 4.49. The minimum absolute atomic E-state index is 0.00357. The van der Waals surface area contributed by atoms with Gasteiger partial charge in [0, 0.05) is 12.2 Å². The highest BCUT2D eigenvalue weighted by Crippen LogP contribution is 2.37. The van der Waals surface area contributed by atoms with Crippen LogP contribution in [-0.2, 0) is 23.9 Å². The molecule has 3 amide bonds. The molecule has 2 atom stereocenters. The van der Waals surface area contributed by atoms with Crippen molar-refractivity contribution in [2.75, 3.05) is 25.6 Å². The maximum absolute atomic E-state index is 12.4. The smallest absolute Gasteiger partial charge is 0.308 e. The van der Waals surface area contributed by atoms with Crippen molar-refractivity contribution in [3.63, 3.8) is 0 Å². The van der Waals surface area contributed by atoms with Crippen LogP contribution in [0.1, 0.15) is 32.1 Å². The third-order valence-electron chi connectivity index (χ3n) is 5.21. The topological polar surface area (TPSA) is 102 Å². The number of anilines is 1. The first-order chi connectivity index (χ1) is 13.5. The lowest BCUT2D eigenvalue weighted by Gasteiger charge is -2.19. The lowest BCUT2D eigenvalue weighted by molar-refractivity contribution is -0.148. The second kappa shape index (κ2) is 8.86. The number of carbonyl (C=O) groups excluding carboxylic acids is 4. The Hall–Kier alpha value is -2.90. The van der Waals surface area contributed by atoms with Crippen LogP contribution in [0.25, 0.3) is 0 Å². The van der Waals surface area contributed by atoms with Crippen LogP contribution in [-0.4, -0.2) is 48.9 Å². The largest absolute Gasteiger partial charge is 0.497 e. The number of ether oxygens (including phenoxy) is 2. The van der Waals surface area contributed by atoms with Crippen molar-refractivity contribution in [1.82, 2.24) is 4.90 Å². The molecule has 1 aromatic rings. The summed E-state index contributed by atoms with van der Waals surface area (Å²) in [4.78, 5) is 49.7. The number of likely N-dealkylation sites (tertiary alicyclic amines) is 1. The minimum Gasteiger partial charge on any atom is -0.497 e. The molecule has 0 bridgehead atoms. The van der Waals surface area contributed by atoms with Gasteiger partial charge in [0.05, 0.1) is 25.4 Å². The molecule has 1 aliphatic carbocycles. The molecule has 0 spiro atoms. The van der Waals surface area contributed by atoms with Gasteiger partial charge in [0.1, 0.15) is 5.75 Å². The Kier molecular flexibility index (Phi) is 6.28. The molecule has 1 aromatic carbocycles. The Labute approximate surface area is 163 Å². The van der Waals surface area contributed by atoms with E-state index in [0.717, 1.165) is 25.7 Å². The number of nitrogens with zero attached hydrogens (tertiary/aromatic N) is 1. The van der Waals surface area contributed by atoms with Crippen molar-refractivity contribution >= 4 is 29.4 Å². The fourth-order valence-electron chi connectivity index (χ4n) is 3.74. The molecule has 1 aliphatic heterocycles. The quantitative estimate of drug-likeness (QED) is 0.564. The summed E-state index contributed by atoms with van der Waals surface area (Å²) >= 11 is 0. The summed E-state index contributed by atoms with van der Waals surface area (Å²) in [7, 11) is 1.55. The molecule has 8 nitrogen and oxygen atoms in total. The molecule has 150 valence electrons. The molecule has 0 unspecified atom stereocenters. The van der Waals surface area contributed by atoms with Gasteiger partial charge >= 0.3 is 5.97 Å². The van der Waals surface area contributed by atoms with Gasteiger partial charge in [0.25, 0.3) is 5.91 Å². The second-order valence-electron chi connectivity index (χ2n) is 7.01. The number of esters is 1. The molecule has 0 aromatic heterocycles. The van der Waals surface area contributed by atoms with Gasteiger partial charge in [-0.1, -0.05) is 12.8 Å². The Balaban J connectivity index is 1.41. The normalized spacial score (nSPS) is 21.2. The monoisotopic (exact) mass is 388 g/mol. The van der Waals surface area contributed by atoms with E-state index in [1.807, 2.05) is 0 Å². The Morgan fingerprint density at radius 1 is 1.07 bits per heavy atom. The molecule has 1 saturated heterocycles. The molecule has 3 rings (SSSR count). The van der Waals surface area contributed by atoms with E-state index in [0.29, 0.717) is 11.4 Å². The van der Waals surface area contributed by atoms with Crippen LogP contribution in [0.4, 0.5) is 5.69 Å². The zero-order valence-electron chi connectivity index (χ0n) is 15.8. The number of nitrogens with one attached hydrogen (secondary N) is 1. The first kappa shape index (κ1) is 19.9. The summed E-state index contributed by atoms with van der Waals surface area (Å²) in [5.41, 5.74) is 0.553. The van der Waals surface area contributed by atoms with Crippen LogP contribution < -0.4 is 10.1 Å². The molecule has 8 heteroatoms. The average molecular weight is 388 g/mol. The molecular weight excluding hydrogens is 364 g/mol. The predicted molar refractivity (Wildman–Crippen MR) is 99.4 cm³/mol. The lowest BCUT2D eigenvalue weighted by Crippen LogP contribution is -2.33. The maximum Gasteiger partial charge on any atom is 0.308 e. The Bertz CT molecular complexity index is 736. The third-order valence-corrected chi connectivity index (χ3v) is 5.21. The highest BCUT2D eigenvalue weighted by Gasteiger charge is 2.47. The SMILES string of the molecule is COc1ccc(NC(=O)COC(=O)CCN2C(=O)[C@H]3CCCC[C@@H]3C2=O)cc1. The van der Waals surface area contributed by atoms with E-state index in [1.165, 1.54) is 4.90 Å². The summed E-state index contributed by atoms with van der Waals surface area (Å²) < 4.78 is 9.98. The maximum atomic E-state index is 12.4. The first-order valence-electron chi connectivity index (χ1n) is 9.44. The molecule has 0 radical (unpaired) electrons. The molecule has 2 aliphatic rings. The zero-order chi connectivity index (χ0) is 20.1. The van der Waals surface area contributed by atoms with Crippen molar-refractivity contribution in [2.24, 2.45) is 11.8 Å². The molecule has 1 heterocycles. The number of fused-ring (bicyclic) bond motifs is 1. The Morgan fingerprint density at radius 2 is 1.68 bits per heavy atom. The molecule has 1 N–H and O–H groups in total. The molecule has 1 saturated carbocycles. The van der Waals surface area contributed by atoms with Gasteiger partial charge in [-0.3, -0.25) is 24.1 Å².